The molecule has 1 N–H and O–H groups in total. The summed E-state index contributed by atoms with van der Waals surface area (Å²) in [6.45, 7) is 8.06. The van der Waals surface area contributed by atoms with Crippen molar-refractivity contribution in [3.63, 3.8) is 0 Å². The first-order valence-electron chi connectivity index (χ1n) is 8.51. The van der Waals surface area contributed by atoms with E-state index in [0.717, 1.165) is 24.3 Å². The Morgan fingerprint density at radius 2 is 1.84 bits per heavy atom. The molecule has 2 fully saturated rings. The maximum Gasteiger partial charge on any atom is 0.0527 e. The second-order valence-electron chi connectivity index (χ2n) is 7.25. The number of aliphatic hydroxyl groups excluding tert-OH is 1. The second kappa shape index (κ2) is 7.08. The summed E-state index contributed by atoms with van der Waals surface area (Å²) in [5.74, 6) is 1.77. The lowest BCUT2D eigenvalue weighted by Crippen LogP contribution is -2.47. The van der Waals surface area contributed by atoms with Gasteiger partial charge in [-0.1, -0.05) is 26.7 Å². The van der Waals surface area contributed by atoms with E-state index in [1.807, 2.05) is 6.92 Å². The molecule has 5 atom stereocenters. The number of likely N-dealkylation sites (tertiary alicyclic amines) is 1. The van der Waals surface area contributed by atoms with E-state index in [2.05, 4.69) is 18.7 Å². The molecule has 19 heavy (non-hydrogen) atoms. The van der Waals surface area contributed by atoms with Gasteiger partial charge in [0.1, 0.15) is 0 Å². The Bertz CT molecular complexity index is 266. The molecule has 1 aliphatic heterocycles. The minimum Gasteiger partial charge on any atom is -0.393 e. The van der Waals surface area contributed by atoms with E-state index in [0.29, 0.717) is 6.04 Å². The maximum atomic E-state index is 9.78. The van der Waals surface area contributed by atoms with Crippen molar-refractivity contribution in [3.05, 3.63) is 0 Å². The van der Waals surface area contributed by atoms with Gasteiger partial charge in [-0.3, -0.25) is 4.90 Å². The largest absolute Gasteiger partial charge is 0.393 e. The summed E-state index contributed by atoms with van der Waals surface area (Å²) in [5, 5.41) is 9.78. The van der Waals surface area contributed by atoms with Crippen LogP contribution in [0.1, 0.15) is 72.1 Å². The Hall–Kier alpha value is -0.0800. The van der Waals surface area contributed by atoms with E-state index >= 15 is 0 Å². The van der Waals surface area contributed by atoms with Gasteiger partial charge in [0.15, 0.2) is 0 Å². The van der Waals surface area contributed by atoms with E-state index in [9.17, 15) is 5.11 Å². The van der Waals surface area contributed by atoms with Crippen molar-refractivity contribution in [3.8, 4) is 0 Å². The number of rotatable bonds is 3. The van der Waals surface area contributed by atoms with Crippen molar-refractivity contribution in [2.75, 3.05) is 6.54 Å². The zero-order valence-electron chi connectivity index (χ0n) is 13.1. The molecule has 0 radical (unpaired) electrons. The molecule has 5 unspecified atom stereocenters. The van der Waals surface area contributed by atoms with E-state index in [-0.39, 0.29) is 6.10 Å². The highest BCUT2D eigenvalue weighted by Crippen LogP contribution is 2.35. The van der Waals surface area contributed by atoms with Crippen LogP contribution in [0.5, 0.6) is 0 Å². The molecule has 112 valence electrons. The van der Waals surface area contributed by atoms with Crippen LogP contribution in [0.25, 0.3) is 0 Å². The predicted octanol–water partition coefficient (Wildman–Crippen LogP) is 3.83. The highest BCUT2D eigenvalue weighted by molar-refractivity contribution is 4.87. The Balaban J connectivity index is 2.00. The lowest BCUT2D eigenvalue weighted by molar-refractivity contribution is 0.0472. The third kappa shape index (κ3) is 4.19. The van der Waals surface area contributed by atoms with Gasteiger partial charge < -0.3 is 5.11 Å². The van der Waals surface area contributed by atoms with Crippen LogP contribution in [-0.2, 0) is 0 Å². The lowest BCUT2D eigenvalue weighted by atomic mass is 9.78. The Morgan fingerprint density at radius 3 is 2.53 bits per heavy atom. The zero-order chi connectivity index (χ0) is 13.8. The van der Waals surface area contributed by atoms with Gasteiger partial charge in [-0.05, 0) is 63.8 Å². The van der Waals surface area contributed by atoms with Crippen molar-refractivity contribution < 1.29 is 5.11 Å². The smallest absolute Gasteiger partial charge is 0.0527 e. The van der Waals surface area contributed by atoms with Gasteiger partial charge in [0.25, 0.3) is 0 Å². The van der Waals surface area contributed by atoms with E-state index in [1.54, 1.807) is 0 Å². The van der Waals surface area contributed by atoms with E-state index in [4.69, 9.17) is 0 Å². The normalized spacial score (nSPS) is 39.8. The minimum atomic E-state index is -0.148. The van der Waals surface area contributed by atoms with Crippen molar-refractivity contribution in [2.45, 2.75) is 90.3 Å². The summed E-state index contributed by atoms with van der Waals surface area (Å²) in [5.41, 5.74) is 0. The Morgan fingerprint density at radius 1 is 1.05 bits per heavy atom. The van der Waals surface area contributed by atoms with Crippen molar-refractivity contribution in [1.29, 1.82) is 0 Å². The third-order valence-electron chi connectivity index (χ3n) is 5.58. The fourth-order valence-electron chi connectivity index (χ4n) is 4.15. The second-order valence-corrected chi connectivity index (χ2v) is 7.25. The molecular weight excluding hydrogens is 234 g/mol. The average Bonchev–Trinajstić information content (AvgIpc) is 2.57. The quantitative estimate of drug-likeness (QED) is 0.840. The number of hydrogen-bond donors (Lipinski definition) is 1. The summed E-state index contributed by atoms with van der Waals surface area (Å²) < 4.78 is 0. The van der Waals surface area contributed by atoms with Gasteiger partial charge >= 0.3 is 0 Å². The maximum absolute atomic E-state index is 9.78. The molecule has 2 nitrogen and oxygen atoms in total. The summed E-state index contributed by atoms with van der Waals surface area (Å²) in [6.07, 6.45) is 10.4. The number of nitrogens with zero attached hydrogens (tertiary/aromatic N) is 1. The highest BCUT2D eigenvalue weighted by Gasteiger charge is 2.33. The van der Waals surface area contributed by atoms with Crippen molar-refractivity contribution in [1.82, 2.24) is 4.90 Å². The van der Waals surface area contributed by atoms with Gasteiger partial charge in [-0.25, -0.2) is 0 Å². The van der Waals surface area contributed by atoms with E-state index < -0.39 is 0 Å². The Kier molecular flexibility index (Phi) is 5.70. The molecule has 0 aromatic rings. The first-order chi connectivity index (χ1) is 9.08. The van der Waals surface area contributed by atoms with Crippen LogP contribution < -0.4 is 0 Å². The van der Waals surface area contributed by atoms with Gasteiger partial charge in [0, 0.05) is 12.1 Å². The van der Waals surface area contributed by atoms with Gasteiger partial charge in [0.2, 0.25) is 0 Å². The topological polar surface area (TPSA) is 23.5 Å². The molecule has 0 spiro atoms. The van der Waals surface area contributed by atoms with Crippen LogP contribution in [0.4, 0.5) is 0 Å². The molecule has 0 bridgehead atoms. The molecule has 0 amide bonds. The fraction of sp³-hybridized carbons (Fsp3) is 1.00. The van der Waals surface area contributed by atoms with Crippen LogP contribution >= 0.6 is 0 Å². The molecule has 1 saturated carbocycles. The van der Waals surface area contributed by atoms with E-state index in [1.165, 1.54) is 51.5 Å². The number of hydrogen-bond acceptors (Lipinski definition) is 2. The van der Waals surface area contributed by atoms with Gasteiger partial charge in [-0.15, -0.1) is 0 Å². The van der Waals surface area contributed by atoms with Crippen LogP contribution in [0.2, 0.25) is 0 Å². The molecule has 1 saturated heterocycles. The monoisotopic (exact) mass is 267 g/mol. The van der Waals surface area contributed by atoms with Crippen molar-refractivity contribution >= 4 is 0 Å². The minimum absolute atomic E-state index is 0.148. The molecule has 0 aromatic heterocycles. The summed E-state index contributed by atoms with van der Waals surface area (Å²) in [7, 11) is 0. The lowest BCUT2D eigenvalue weighted by Gasteiger charge is -2.43. The average molecular weight is 267 g/mol. The first-order valence-corrected chi connectivity index (χ1v) is 8.51. The summed E-state index contributed by atoms with van der Waals surface area (Å²) >= 11 is 0. The molecule has 2 aliphatic rings. The van der Waals surface area contributed by atoms with Crippen LogP contribution in [0, 0.1) is 11.8 Å². The molecule has 2 heteroatoms. The molecule has 0 aromatic carbocycles. The van der Waals surface area contributed by atoms with Crippen LogP contribution in [0.3, 0.4) is 0 Å². The van der Waals surface area contributed by atoms with Gasteiger partial charge in [0.05, 0.1) is 6.10 Å². The third-order valence-corrected chi connectivity index (χ3v) is 5.58. The van der Waals surface area contributed by atoms with Gasteiger partial charge in [-0.2, -0.15) is 0 Å². The fourth-order valence-corrected chi connectivity index (χ4v) is 4.15. The standard InChI is InChI=1S/C17H33NO/c1-13-8-9-17(11-14(13)2)18-10-6-4-5-7-16(18)12-15(3)19/h13-17,19H,4-12H2,1-3H3. The van der Waals surface area contributed by atoms with Crippen LogP contribution in [0.15, 0.2) is 0 Å². The molecule has 1 aliphatic carbocycles. The first kappa shape index (κ1) is 15.3. The molecular formula is C17H33NO. The molecule has 2 rings (SSSR count). The van der Waals surface area contributed by atoms with Crippen molar-refractivity contribution in [2.24, 2.45) is 11.8 Å². The van der Waals surface area contributed by atoms with Crippen LogP contribution in [-0.4, -0.2) is 34.7 Å². The summed E-state index contributed by atoms with van der Waals surface area (Å²) in [4.78, 5) is 2.78. The number of aliphatic hydroxyl groups is 1. The predicted molar refractivity (Wildman–Crippen MR) is 81.2 cm³/mol. The molecule has 1 heterocycles. The SMILES string of the molecule is CC(O)CC1CCCCCN1C1CCC(C)C(C)C1. The highest BCUT2D eigenvalue weighted by atomic mass is 16.3. The summed E-state index contributed by atoms with van der Waals surface area (Å²) in [6, 6.07) is 1.42. The Labute approximate surface area is 119 Å². The zero-order valence-corrected chi connectivity index (χ0v) is 13.1.